The lowest BCUT2D eigenvalue weighted by Gasteiger charge is -2.15. The zero-order valence-electron chi connectivity index (χ0n) is 15.4. The summed E-state index contributed by atoms with van der Waals surface area (Å²) in [6.45, 7) is 5.58. The number of ether oxygens (including phenoxy) is 2. The zero-order valence-corrected chi connectivity index (χ0v) is 16.2. The quantitative estimate of drug-likeness (QED) is 0.588. The van der Waals surface area contributed by atoms with Crippen LogP contribution in [0.1, 0.15) is 18.1 Å². The second-order valence-corrected chi connectivity index (χ2v) is 6.90. The number of rotatable bonds is 7. The van der Waals surface area contributed by atoms with Gasteiger partial charge in [0.05, 0.1) is 18.6 Å². The van der Waals surface area contributed by atoms with Crippen LogP contribution in [0.5, 0.6) is 5.75 Å². The third-order valence-corrected chi connectivity index (χ3v) is 4.87. The number of amides is 1. The molecule has 6 heteroatoms. The molecule has 1 atom stereocenters. The molecule has 0 heterocycles. The highest BCUT2D eigenvalue weighted by molar-refractivity contribution is 8.00. The van der Waals surface area contributed by atoms with E-state index in [1.54, 1.807) is 25.1 Å². The molecular formula is C20H23NO4S. The number of para-hydroxylation sites is 2. The average Bonchev–Trinajstić information content (AvgIpc) is 2.61. The van der Waals surface area contributed by atoms with Crippen LogP contribution in [0, 0.1) is 13.8 Å². The van der Waals surface area contributed by atoms with E-state index in [0.29, 0.717) is 11.4 Å². The van der Waals surface area contributed by atoms with Crippen molar-refractivity contribution in [2.45, 2.75) is 31.8 Å². The summed E-state index contributed by atoms with van der Waals surface area (Å²) in [6, 6.07) is 13.1. The minimum Gasteiger partial charge on any atom is -0.495 e. The van der Waals surface area contributed by atoms with Crippen molar-refractivity contribution in [1.29, 1.82) is 0 Å². The van der Waals surface area contributed by atoms with Gasteiger partial charge < -0.3 is 14.8 Å². The number of carbonyl (C=O) groups excluding carboxylic acids is 2. The second kappa shape index (κ2) is 9.29. The average molecular weight is 373 g/mol. The molecule has 0 aliphatic heterocycles. The summed E-state index contributed by atoms with van der Waals surface area (Å²) in [7, 11) is 1.53. The first-order chi connectivity index (χ1) is 12.4. The lowest BCUT2D eigenvalue weighted by molar-refractivity contribution is -0.150. The summed E-state index contributed by atoms with van der Waals surface area (Å²) in [4.78, 5) is 25.3. The summed E-state index contributed by atoms with van der Waals surface area (Å²) in [6.07, 6.45) is -0.896. The van der Waals surface area contributed by atoms with E-state index in [9.17, 15) is 9.59 Å². The molecule has 1 amide bonds. The molecule has 0 saturated carbocycles. The maximum atomic E-state index is 12.2. The number of hydrogen-bond donors (Lipinski definition) is 1. The van der Waals surface area contributed by atoms with Gasteiger partial charge >= 0.3 is 5.97 Å². The van der Waals surface area contributed by atoms with Gasteiger partial charge in [0.1, 0.15) is 5.75 Å². The number of aryl methyl sites for hydroxylation is 2. The molecule has 26 heavy (non-hydrogen) atoms. The third kappa shape index (κ3) is 5.52. The molecule has 0 unspecified atom stereocenters. The second-order valence-electron chi connectivity index (χ2n) is 5.88. The van der Waals surface area contributed by atoms with Crippen molar-refractivity contribution in [2.75, 3.05) is 18.2 Å². The lowest BCUT2D eigenvalue weighted by Crippen LogP contribution is -2.30. The Labute approximate surface area is 158 Å². The molecule has 0 spiro atoms. The lowest BCUT2D eigenvalue weighted by atomic mass is 10.2. The SMILES string of the molecule is COc1ccccc1NC(=O)[C@H](C)OC(=O)CSc1ccc(C)cc1C. The standard InChI is InChI=1S/C20H23NO4S/c1-13-9-10-18(14(2)11-13)26-12-19(22)25-15(3)20(23)21-16-7-5-6-8-17(16)24-4/h5-11,15H,12H2,1-4H3,(H,21,23)/t15-/m0/s1. The molecule has 2 rings (SSSR count). The molecular weight excluding hydrogens is 350 g/mol. The fraction of sp³-hybridized carbons (Fsp3) is 0.300. The Morgan fingerprint density at radius 1 is 1.15 bits per heavy atom. The van der Waals surface area contributed by atoms with E-state index < -0.39 is 18.0 Å². The molecule has 138 valence electrons. The van der Waals surface area contributed by atoms with E-state index in [4.69, 9.17) is 9.47 Å². The molecule has 0 bridgehead atoms. The topological polar surface area (TPSA) is 64.6 Å². The molecule has 2 aromatic carbocycles. The largest absolute Gasteiger partial charge is 0.495 e. The van der Waals surface area contributed by atoms with Gasteiger partial charge in [0.15, 0.2) is 6.10 Å². The summed E-state index contributed by atoms with van der Waals surface area (Å²) < 4.78 is 10.4. The summed E-state index contributed by atoms with van der Waals surface area (Å²) in [5, 5.41) is 2.71. The zero-order chi connectivity index (χ0) is 19.1. The number of hydrogen-bond acceptors (Lipinski definition) is 5. The Hall–Kier alpha value is -2.47. The fourth-order valence-electron chi connectivity index (χ4n) is 2.36. The minimum atomic E-state index is -0.896. The van der Waals surface area contributed by atoms with Crippen molar-refractivity contribution in [2.24, 2.45) is 0 Å². The molecule has 0 radical (unpaired) electrons. The molecule has 0 aliphatic rings. The van der Waals surface area contributed by atoms with E-state index in [2.05, 4.69) is 11.4 Å². The fourth-order valence-corrected chi connectivity index (χ4v) is 3.16. The van der Waals surface area contributed by atoms with E-state index in [1.165, 1.54) is 24.4 Å². The van der Waals surface area contributed by atoms with Gasteiger partial charge in [-0.15, -0.1) is 11.8 Å². The van der Waals surface area contributed by atoms with Crippen molar-refractivity contribution in [1.82, 2.24) is 0 Å². The van der Waals surface area contributed by atoms with Gasteiger partial charge in [-0.2, -0.15) is 0 Å². The van der Waals surface area contributed by atoms with Crippen LogP contribution in [0.15, 0.2) is 47.4 Å². The molecule has 0 fully saturated rings. The van der Waals surface area contributed by atoms with Gasteiger partial charge in [-0.05, 0) is 44.5 Å². The predicted molar refractivity (Wildman–Crippen MR) is 104 cm³/mol. The van der Waals surface area contributed by atoms with Crippen molar-refractivity contribution >= 4 is 29.3 Å². The van der Waals surface area contributed by atoms with Crippen LogP contribution >= 0.6 is 11.8 Å². The number of benzene rings is 2. The Kier molecular flexibility index (Phi) is 7.09. The first-order valence-electron chi connectivity index (χ1n) is 8.24. The van der Waals surface area contributed by atoms with Gasteiger partial charge in [-0.1, -0.05) is 29.8 Å². The summed E-state index contributed by atoms with van der Waals surface area (Å²) in [5.41, 5.74) is 2.83. The normalized spacial score (nSPS) is 11.5. The molecule has 5 nitrogen and oxygen atoms in total. The Balaban J connectivity index is 1.86. The smallest absolute Gasteiger partial charge is 0.317 e. The van der Waals surface area contributed by atoms with Crippen LogP contribution in [0.3, 0.4) is 0 Å². The Morgan fingerprint density at radius 3 is 2.58 bits per heavy atom. The Morgan fingerprint density at radius 2 is 1.88 bits per heavy atom. The number of carbonyl (C=O) groups is 2. The monoisotopic (exact) mass is 373 g/mol. The molecule has 2 aromatic rings. The van der Waals surface area contributed by atoms with Gasteiger partial charge in [0.25, 0.3) is 5.91 Å². The number of anilines is 1. The van der Waals surface area contributed by atoms with E-state index in [-0.39, 0.29) is 5.75 Å². The van der Waals surface area contributed by atoms with Crippen molar-refractivity contribution < 1.29 is 19.1 Å². The van der Waals surface area contributed by atoms with Gasteiger partial charge in [0.2, 0.25) is 0 Å². The van der Waals surface area contributed by atoms with Crippen LogP contribution in [-0.2, 0) is 14.3 Å². The van der Waals surface area contributed by atoms with Crippen LogP contribution in [0.2, 0.25) is 0 Å². The Bertz CT molecular complexity index is 791. The molecule has 1 N–H and O–H groups in total. The maximum Gasteiger partial charge on any atom is 0.317 e. The van der Waals surface area contributed by atoms with Crippen LogP contribution < -0.4 is 10.1 Å². The first kappa shape index (κ1) is 19.8. The predicted octanol–water partition coefficient (Wildman–Crippen LogP) is 3.97. The summed E-state index contributed by atoms with van der Waals surface area (Å²) in [5.74, 6) is -0.141. The summed E-state index contributed by atoms with van der Waals surface area (Å²) >= 11 is 1.40. The highest BCUT2D eigenvalue weighted by Gasteiger charge is 2.19. The van der Waals surface area contributed by atoms with Gasteiger partial charge in [-0.25, -0.2) is 0 Å². The van der Waals surface area contributed by atoms with Crippen molar-refractivity contribution in [3.8, 4) is 5.75 Å². The minimum absolute atomic E-state index is 0.149. The van der Waals surface area contributed by atoms with Gasteiger partial charge in [-0.3, -0.25) is 9.59 Å². The number of nitrogens with one attached hydrogen (secondary N) is 1. The highest BCUT2D eigenvalue weighted by Crippen LogP contribution is 2.24. The number of esters is 1. The van der Waals surface area contributed by atoms with Crippen LogP contribution in [0.25, 0.3) is 0 Å². The third-order valence-electron chi connectivity index (χ3n) is 3.72. The number of thioether (sulfide) groups is 1. The molecule has 0 aliphatic carbocycles. The van der Waals surface area contributed by atoms with Crippen molar-refractivity contribution in [3.05, 3.63) is 53.6 Å². The van der Waals surface area contributed by atoms with E-state index in [0.717, 1.165) is 10.5 Å². The van der Waals surface area contributed by atoms with Crippen LogP contribution in [0.4, 0.5) is 5.69 Å². The van der Waals surface area contributed by atoms with E-state index >= 15 is 0 Å². The van der Waals surface area contributed by atoms with E-state index in [1.807, 2.05) is 32.0 Å². The number of methoxy groups -OCH3 is 1. The first-order valence-corrected chi connectivity index (χ1v) is 9.22. The molecule has 0 saturated heterocycles. The van der Waals surface area contributed by atoms with Gasteiger partial charge in [0, 0.05) is 4.90 Å². The molecule has 0 aromatic heterocycles. The maximum absolute atomic E-state index is 12.2. The van der Waals surface area contributed by atoms with Crippen molar-refractivity contribution in [3.63, 3.8) is 0 Å². The van der Waals surface area contributed by atoms with Crippen LogP contribution in [-0.4, -0.2) is 30.8 Å². The highest BCUT2D eigenvalue weighted by atomic mass is 32.2.